The molecule has 0 fully saturated rings. The fourth-order valence-corrected chi connectivity index (χ4v) is 4.20. The van der Waals surface area contributed by atoms with Gasteiger partial charge in [0.15, 0.2) is 5.78 Å². The van der Waals surface area contributed by atoms with Crippen LogP contribution in [-0.4, -0.2) is 29.8 Å². The van der Waals surface area contributed by atoms with Crippen molar-refractivity contribution in [1.29, 1.82) is 0 Å². The fourth-order valence-electron chi connectivity index (χ4n) is 4.20. The highest BCUT2D eigenvalue weighted by Gasteiger charge is 2.25. The molecule has 0 spiro atoms. The van der Waals surface area contributed by atoms with Crippen LogP contribution in [0.5, 0.6) is 0 Å². The summed E-state index contributed by atoms with van der Waals surface area (Å²) in [7, 11) is 0. The number of aromatic nitrogens is 1. The topological polar surface area (TPSA) is 74.0 Å². The number of hydrogen-bond donors (Lipinski definition) is 3. The molecule has 5 nitrogen and oxygen atoms in total. The summed E-state index contributed by atoms with van der Waals surface area (Å²) in [4.78, 5) is 29.2. The van der Waals surface area contributed by atoms with Crippen LogP contribution in [0.25, 0.3) is 10.9 Å². The summed E-state index contributed by atoms with van der Waals surface area (Å²) in [5.41, 5.74) is 5.35. The number of aryl methyl sites for hydroxylation is 1. The first-order valence-corrected chi connectivity index (χ1v) is 11.8. The van der Waals surface area contributed by atoms with Gasteiger partial charge in [0.2, 0.25) is 0 Å². The van der Waals surface area contributed by atoms with Gasteiger partial charge in [-0.3, -0.25) is 9.59 Å². The molecular formula is C29H31N3O2. The third-order valence-corrected chi connectivity index (χ3v) is 6.22. The molecule has 0 saturated carbocycles. The number of Topliss-reactive ketones (excluding diaryl/α,β-unsaturated/α-hetero) is 1. The van der Waals surface area contributed by atoms with Gasteiger partial charge in [-0.15, -0.1) is 0 Å². The molecule has 5 heteroatoms. The van der Waals surface area contributed by atoms with Gasteiger partial charge in [0.1, 0.15) is 0 Å². The number of benzene rings is 3. The molecular weight excluding hydrogens is 422 g/mol. The van der Waals surface area contributed by atoms with E-state index in [1.165, 1.54) is 11.1 Å². The molecule has 1 amide bonds. The molecule has 1 aromatic heterocycles. The molecule has 4 rings (SSSR count). The normalized spacial score (nSPS) is 12.9. The first kappa shape index (κ1) is 23.5. The molecule has 174 valence electrons. The number of nitrogens with one attached hydrogen (secondary N) is 3. The molecule has 0 unspecified atom stereocenters. The standard InChI is InChI=1S/C29H31N3O2/c1-4-30-29(34)23-14-15-24-25(18-31-26(24)16-23)28(33)27(22-8-6-5-7-9-22)32-17-20(3)21-12-10-19(2)11-13-21/h5-16,18,20,27,31-32H,4,17H2,1-3H3,(H,30,34)/t20-,27+/m1/s1. The first-order valence-electron chi connectivity index (χ1n) is 11.8. The number of hydrogen-bond acceptors (Lipinski definition) is 3. The number of rotatable bonds is 9. The van der Waals surface area contributed by atoms with E-state index >= 15 is 0 Å². The second-order valence-corrected chi connectivity index (χ2v) is 8.75. The zero-order chi connectivity index (χ0) is 24.1. The van der Waals surface area contributed by atoms with Gasteiger partial charge in [0.05, 0.1) is 6.04 Å². The van der Waals surface area contributed by atoms with E-state index in [1.54, 1.807) is 18.3 Å². The Bertz CT molecular complexity index is 1280. The maximum Gasteiger partial charge on any atom is 0.251 e. The minimum absolute atomic E-state index is 0.000633. The quantitative estimate of drug-likeness (QED) is 0.291. The van der Waals surface area contributed by atoms with Crippen molar-refractivity contribution in [3.63, 3.8) is 0 Å². The maximum absolute atomic E-state index is 13.8. The number of amides is 1. The van der Waals surface area contributed by atoms with Gasteiger partial charge >= 0.3 is 0 Å². The van der Waals surface area contributed by atoms with Crippen molar-refractivity contribution < 1.29 is 9.59 Å². The van der Waals surface area contributed by atoms with Crippen molar-refractivity contribution in [3.8, 4) is 0 Å². The summed E-state index contributed by atoms with van der Waals surface area (Å²) in [5, 5.41) is 7.14. The Morgan fingerprint density at radius 2 is 1.68 bits per heavy atom. The van der Waals surface area contributed by atoms with Crippen molar-refractivity contribution in [1.82, 2.24) is 15.6 Å². The largest absolute Gasteiger partial charge is 0.360 e. The Morgan fingerprint density at radius 1 is 0.941 bits per heavy atom. The minimum atomic E-state index is -0.476. The zero-order valence-electron chi connectivity index (χ0n) is 19.9. The van der Waals surface area contributed by atoms with Gasteiger partial charge in [0, 0.05) is 41.3 Å². The molecule has 0 bridgehead atoms. The van der Waals surface area contributed by atoms with E-state index in [2.05, 4.69) is 53.7 Å². The van der Waals surface area contributed by atoms with E-state index < -0.39 is 6.04 Å². The highest BCUT2D eigenvalue weighted by molar-refractivity contribution is 6.11. The lowest BCUT2D eigenvalue weighted by Crippen LogP contribution is -2.31. The molecule has 34 heavy (non-hydrogen) atoms. The molecule has 0 aliphatic carbocycles. The number of H-pyrrole nitrogens is 1. The molecule has 3 N–H and O–H groups in total. The highest BCUT2D eigenvalue weighted by Crippen LogP contribution is 2.26. The monoisotopic (exact) mass is 453 g/mol. The van der Waals surface area contributed by atoms with E-state index in [9.17, 15) is 9.59 Å². The van der Waals surface area contributed by atoms with Crippen LogP contribution in [0, 0.1) is 6.92 Å². The average molecular weight is 454 g/mol. The fraction of sp³-hybridized carbons (Fsp3) is 0.241. The Balaban J connectivity index is 1.60. The van der Waals surface area contributed by atoms with Crippen molar-refractivity contribution in [2.24, 2.45) is 0 Å². The Kier molecular flexibility index (Phi) is 7.24. The minimum Gasteiger partial charge on any atom is -0.360 e. The highest BCUT2D eigenvalue weighted by atomic mass is 16.1. The lowest BCUT2D eigenvalue weighted by Gasteiger charge is -2.21. The van der Waals surface area contributed by atoms with Gasteiger partial charge in [-0.2, -0.15) is 0 Å². The Morgan fingerprint density at radius 3 is 2.38 bits per heavy atom. The number of ketones is 1. The molecule has 0 aliphatic rings. The number of carbonyl (C=O) groups is 2. The SMILES string of the molecule is CCNC(=O)c1ccc2c(C(=O)[C@@H](NC[C@@H](C)c3ccc(C)cc3)c3ccccc3)c[nH]c2c1. The van der Waals surface area contributed by atoms with Crippen LogP contribution >= 0.6 is 0 Å². The number of carbonyl (C=O) groups excluding carboxylic acids is 2. The molecule has 3 aromatic carbocycles. The van der Waals surface area contributed by atoms with Gasteiger partial charge in [-0.05, 0) is 43.0 Å². The zero-order valence-corrected chi connectivity index (χ0v) is 19.9. The summed E-state index contributed by atoms with van der Waals surface area (Å²) in [5.74, 6) is 0.127. The van der Waals surface area contributed by atoms with Crippen LogP contribution in [0.1, 0.15) is 63.2 Å². The smallest absolute Gasteiger partial charge is 0.251 e. The number of fused-ring (bicyclic) bond motifs is 1. The van der Waals surface area contributed by atoms with Crippen LogP contribution in [0.2, 0.25) is 0 Å². The van der Waals surface area contributed by atoms with Crippen molar-refractivity contribution in [3.05, 3.63) is 107 Å². The van der Waals surface area contributed by atoms with E-state index in [1.807, 2.05) is 43.3 Å². The summed E-state index contributed by atoms with van der Waals surface area (Å²) in [6, 6.07) is 23.3. The van der Waals surface area contributed by atoms with Crippen molar-refractivity contribution in [2.75, 3.05) is 13.1 Å². The van der Waals surface area contributed by atoms with Crippen molar-refractivity contribution >= 4 is 22.6 Å². The summed E-state index contributed by atoms with van der Waals surface area (Å²) >= 11 is 0. The lowest BCUT2D eigenvalue weighted by atomic mass is 9.95. The van der Waals surface area contributed by atoms with E-state index in [0.717, 1.165) is 16.5 Å². The van der Waals surface area contributed by atoms with Crippen LogP contribution in [0.15, 0.2) is 79.0 Å². The second kappa shape index (κ2) is 10.5. The van der Waals surface area contributed by atoms with Gasteiger partial charge in [-0.25, -0.2) is 0 Å². The van der Waals surface area contributed by atoms with Gasteiger partial charge in [0.25, 0.3) is 5.91 Å². The third-order valence-electron chi connectivity index (χ3n) is 6.22. The van der Waals surface area contributed by atoms with E-state index in [-0.39, 0.29) is 17.6 Å². The molecule has 0 radical (unpaired) electrons. The number of aromatic amines is 1. The molecule has 1 heterocycles. The Labute approximate surface area is 200 Å². The predicted octanol–water partition coefficient (Wildman–Crippen LogP) is 5.54. The molecule has 2 atom stereocenters. The van der Waals surface area contributed by atoms with Crippen LogP contribution in [-0.2, 0) is 0 Å². The molecule has 0 aliphatic heterocycles. The maximum atomic E-state index is 13.8. The van der Waals surface area contributed by atoms with E-state index in [0.29, 0.717) is 24.2 Å². The molecule has 4 aromatic rings. The summed E-state index contributed by atoms with van der Waals surface area (Å²) in [6.07, 6.45) is 1.75. The average Bonchev–Trinajstić information content (AvgIpc) is 3.28. The van der Waals surface area contributed by atoms with E-state index in [4.69, 9.17) is 0 Å². The predicted molar refractivity (Wildman–Crippen MR) is 137 cm³/mol. The Hall–Kier alpha value is -3.70. The van der Waals surface area contributed by atoms with Gasteiger partial charge in [-0.1, -0.05) is 73.2 Å². The van der Waals surface area contributed by atoms with Crippen LogP contribution in [0.4, 0.5) is 0 Å². The lowest BCUT2D eigenvalue weighted by molar-refractivity contribution is 0.0940. The van der Waals surface area contributed by atoms with Crippen LogP contribution < -0.4 is 10.6 Å². The second-order valence-electron chi connectivity index (χ2n) is 8.75. The van der Waals surface area contributed by atoms with Crippen molar-refractivity contribution in [2.45, 2.75) is 32.7 Å². The molecule has 0 saturated heterocycles. The van der Waals surface area contributed by atoms with Gasteiger partial charge < -0.3 is 15.6 Å². The summed E-state index contributed by atoms with van der Waals surface area (Å²) in [6.45, 7) is 7.36. The van der Waals surface area contributed by atoms with Crippen LogP contribution in [0.3, 0.4) is 0 Å². The third kappa shape index (κ3) is 5.10. The summed E-state index contributed by atoms with van der Waals surface area (Å²) < 4.78 is 0. The first-order chi connectivity index (χ1) is 16.5.